The highest BCUT2D eigenvalue weighted by Crippen LogP contribution is 2.44. The van der Waals surface area contributed by atoms with Gasteiger partial charge in [-0.25, -0.2) is 17.8 Å². The summed E-state index contributed by atoms with van der Waals surface area (Å²) in [6.45, 7) is 4.96. The van der Waals surface area contributed by atoms with Gasteiger partial charge < -0.3 is 10.2 Å². The van der Waals surface area contributed by atoms with Crippen LogP contribution in [0.15, 0.2) is 24.3 Å². The van der Waals surface area contributed by atoms with Crippen LogP contribution in [-0.4, -0.2) is 56.1 Å². The van der Waals surface area contributed by atoms with Crippen molar-refractivity contribution < 1.29 is 17.6 Å². The predicted octanol–water partition coefficient (Wildman–Crippen LogP) is 4.38. The molecule has 1 aromatic carbocycles. The van der Waals surface area contributed by atoms with E-state index in [1.54, 1.807) is 18.3 Å². The van der Waals surface area contributed by atoms with Crippen molar-refractivity contribution in [2.75, 3.05) is 24.2 Å². The van der Waals surface area contributed by atoms with Crippen molar-refractivity contribution in [3.05, 3.63) is 35.0 Å². The van der Waals surface area contributed by atoms with E-state index in [9.17, 15) is 17.6 Å². The molecule has 0 radical (unpaired) electrons. The van der Waals surface area contributed by atoms with E-state index in [2.05, 4.69) is 10.2 Å². The zero-order chi connectivity index (χ0) is 26.0. The number of piperidine rings is 1. The Morgan fingerprint density at radius 2 is 1.89 bits per heavy atom. The van der Waals surface area contributed by atoms with E-state index in [-0.39, 0.29) is 23.5 Å². The number of alkyl halides is 1. The van der Waals surface area contributed by atoms with E-state index in [1.807, 2.05) is 37.3 Å². The molecule has 1 aliphatic carbocycles. The lowest BCUT2D eigenvalue weighted by Gasteiger charge is -2.33. The lowest BCUT2D eigenvalue weighted by molar-refractivity contribution is -0.127. The second kappa shape index (κ2) is 10.9. The maximum absolute atomic E-state index is 14.3. The third-order valence-electron chi connectivity index (χ3n) is 7.33. The maximum atomic E-state index is 14.3. The van der Waals surface area contributed by atoms with E-state index in [0.717, 1.165) is 26.8 Å². The molecule has 1 aromatic heterocycles. The number of rotatable bonds is 6. The van der Waals surface area contributed by atoms with Crippen LogP contribution in [0, 0.1) is 24.2 Å². The Morgan fingerprint density at radius 1 is 1.22 bits per heavy atom. The highest BCUT2D eigenvalue weighted by Gasteiger charge is 2.39. The molecule has 4 atom stereocenters. The monoisotopic (exact) mass is 532 g/mol. The van der Waals surface area contributed by atoms with Crippen molar-refractivity contribution in [2.45, 2.75) is 69.3 Å². The molecule has 10 heteroatoms. The van der Waals surface area contributed by atoms with Crippen molar-refractivity contribution in [1.29, 1.82) is 5.26 Å². The fourth-order valence-corrected chi connectivity index (χ4v) is 7.42. The first kappa shape index (κ1) is 26.6. The molecule has 2 fully saturated rings. The van der Waals surface area contributed by atoms with E-state index >= 15 is 0 Å². The number of carbonyl (C=O) groups excluding carboxylic acids is 1. The van der Waals surface area contributed by atoms with Crippen LogP contribution in [0.4, 0.5) is 10.1 Å². The lowest BCUT2D eigenvalue weighted by Crippen LogP contribution is -2.41. The number of amides is 1. The normalized spacial score (nSPS) is 24.2. The summed E-state index contributed by atoms with van der Waals surface area (Å²) in [6, 6.07) is 9.56. The zero-order valence-corrected chi connectivity index (χ0v) is 22.5. The van der Waals surface area contributed by atoms with Crippen molar-refractivity contribution in [3.8, 4) is 16.5 Å². The van der Waals surface area contributed by atoms with Gasteiger partial charge in [-0.2, -0.15) is 5.26 Å². The molecule has 194 valence electrons. The van der Waals surface area contributed by atoms with Gasteiger partial charge in [-0.05, 0) is 63.6 Å². The Morgan fingerprint density at radius 3 is 2.50 bits per heavy atom. The number of carbonyl (C=O) groups is 1. The minimum Gasteiger partial charge on any atom is -0.371 e. The molecule has 2 aromatic rings. The molecule has 2 aliphatic rings. The fraction of sp³-hybridized carbons (Fsp3) is 0.577. The third kappa shape index (κ3) is 5.89. The van der Waals surface area contributed by atoms with Gasteiger partial charge in [0, 0.05) is 36.9 Å². The molecule has 1 N–H and O–H groups in total. The first-order valence-corrected chi connectivity index (χ1v) is 15.2. The zero-order valence-electron chi connectivity index (χ0n) is 20.9. The van der Waals surface area contributed by atoms with Gasteiger partial charge in [0.25, 0.3) is 0 Å². The van der Waals surface area contributed by atoms with Crippen molar-refractivity contribution in [2.24, 2.45) is 5.92 Å². The first-order valence-electron chi connectivity index (χ1n) is 12.4. The van der Waals surface area contributed by atoms with Crippen LogP contribution in [0.5, 0.6) is 0 Å². The van der Waals surface area contributed by atoms with Crippen molar-refractivity contribution >= 4 is 32.8 Å². The summed E-state index contributed by atoms with van der Waals surface area (Å²) < 4.78 is 38.1. The summed E-state index contributed by atoms with van der Waals surface area (Å²) in [7, 11) is -3.01. The predicted molar refractivity (Wildman–Crippen MR) is 141 cm³/mol. The minimum atomic E-state index is -3.01. The van der Waals surface area contributed by atoms with Crippen LogP contribution >= 0.6 is 11.3 Å². The summed E-state index contributed by atoms with van der Waals surface area (Å²) in [4.78, 5) is 21.0. The summed E-state index contributed by atoms with van der Waals surface area (Å²) in [5.41, 5.74) is 2.88. The average molecular weight is 533 g/mol. The number of aromatic nitrogens is 1. The second-order valence-corrected chi connectivity index (χ2v) is 13.5. The summed E-state index contributed by atoms with van der Waals surface area (Å²) in [5.74, 6) is -1.07. The Hall–Kier alpha value is -2.51. The van der Waals surface area contributed by atoms with E-state index in [4.69, 9.17) is 10.2 Å². The van der Waals surface area contributed by atoms with Gasteiger partial charge in [-0.1, -0.05) is 12.1 Å². The number of nitrogens with one attached hydrogen (secondary N) is 1. The molecule has 1 amide bonds. The number of thiazole rings is 1. The van der Waals surface area contributed by atoms with Gasteiger partial charge in [0.1, 0.15) is 22.1 Å². The van der Waals surface area contributed by atoms with Crippen molar-refractivity contribution in [1.82, 2.24) is 10.3 Å². The smallest absolute Gasteiger partial charge is 0.224 e. The molecule has 7 nitrogen and oxygen atoms in total. The Labute approximate surface area is 216 Å². The van der Waals surface area contributed by atoms with Gasteiger partial charge >= 0.3 is 0 Å². The topological polar surface area (TPSA) is 103 Å². The van der Waals surface area contributed by atoms with E-state index in [1.165, 1.54) is 6.26 Å². The van der Waals surface area contributed by atoms with Gasteiger partial charge in [-0.3, -0.25) is 4.79 Å². The molecular weight excluding hydrogens is 499 g/mol. The molecule has 1 saturated heterocycles. The molecule has 1 saturated carbocycles. The first-order chi connectivity index (χ1) is 17.1. The fourth-order valence-electron chi connectivity index (χ4n) is 5.36. The number of nitriles is 1. The number of halogens is 1. The number of hydrogen-bond donors (Lipinski definition) is 1. The molecule has 36 heavy (non-hydrogen) atoms. The van der Waals surface area contributed by atoms with Crippen LogP contribution in [0.3, 0.4) is 0 Å². The Kier molecular flexibility index (Phi) is 8.00. The van der Waals surface area contributed by atoms with Crippen molar-refractivity contribution in [3.63, 3.8) is 0 Å². The Balaban J connectivity index is 1.55. The van der Waals surface area contributed by atoms with Gasteiger partial charge in [-0.15, -0.1) is 11.3 Å². The number of nitrogens with zero attached hydrogens (tertiary/aromatic N) is 3. The summed E-state index contributed by atoms with van der Waals surface area (Å²) >= 11 is 1.57. The number of sulfone groups is 1. The average Bonchev–Trinajstić information content (AvgIpc) is 3.24. The summed E-state index contributed by atoms with van der Waals surface area (Å²) in [6.07, 6.45) is 2.59. The number of benzene rings is 1. The summed E-state index contributed by atoms with van der Waals surface area (Å²) in [5, 5.41) is 12.4. The van der Waals surface area contributed by atoms with Gasteiger partial charge in [0.15, 0.2) is 0 Å². The molecule has 0 bridgehead atoms. The second-order valence-electron chi connectivity index (χ2n) is 9.99. The maximum Gasteiger partial charge on any atom is 0.224 e. The molecular formula is C26H33FN4O3S2. The quantitative estimate of drug-likeness (QED) is 0.592. The van der Waals surface area contributed by atoms with Crippen LogP contribution < -0.4 is 10.2 Å². The van der Waals surface area contributed by atoms with Crippen LogP contribution in [0.1, 0.15) is 55.6 Å². The standard InChI is InChI=1S/C26H33FN4O3S2/c1-16(15-28)29-26(32)23-14-19(27)6-9-22(23)24-25(35-17(2)30-24)18-4-7-20(8-5-18)31-12-10-21(11-13-31)36(3,33)34/h4-5,7-8,16,19,21-23H,6,9-14H2,1-3H3,(H,29,32)/t16-,19-,22+,23+/m0/s1. The Bertz CT molecular complexity index is 1230. The number of hydrogen-bond acceptors (Lipinski definition) is 7. The SMILES string of the molecule is Cc1nc([C@@H]2CC[C@H](F)C[C@H]2C(=O)N[C@@H](C)C#N)c(-c2ccc(N3CCC(S(C)(=O)=O)CC3)cc2)s1. The van der Waals surface area contributed by atoms with E-state index < -0.39 is 28.0 Å². The molecule has 0 unspecified atom stereocenters. The minimum absolute atomic E-state index is 0.132. The van der Waals surface area contributed by atoms with Crippen LogP contribution in [-0.2, 0) is 14.6 Å². The third-order valence-corrected chi connectivity index (χ3v) is 10.0. The van der Waals surface area contributed by atoms with Gasteiger partial charge in [0.05, 0.1) is 26.9 Å². The van der Waals surface area contributed by atoms with Crippen LogP contribution in [0.25, 0.3) is 10.4 Å². The highest BCUT2D eigenvalue weighted by molar-refractivity contribution is 7.91. The van der Waals surface area contributed by atoms with E-state index in [0.29, 0.717) is 38.8 Å². The largest absolute Gasteiger partial charge is 0.371 e. The molecule has 1 aliphatic heterocycles. The lowest BCUT2D eigenvalue weighted by atomic mass is 9.75. The highest BCUT2D eigenvalue weighted by atomic mass is 32.2. The molecule has 4 rings (SSSR count). The molecule has 0 spiro atoms. The number of aryl methyl sites for hydroxylation is 1. The van der Waals surface area contributed by atoms with Gasteiger partial charge in [0.2, 0.25) is 5.91 Å². The number of anilines is 1. The van der Waals surface area contributed by atoms with Crippen LogP contribution in [0.2, 0.25) is 0 Å². The molecule has 2 heterocycles.